The average molecular weight is 415 g/mol. The minimum Gasteiger partial charge on any atom is -0.345 e. The fourth-order valence-electron chi connectivity index (χ4n) is 3.22. The van der Waals surface area contributed by atoms with E-state index >= 15 is 0 Å². The Morgan fingerprint density at radius 3 is 2.30 bits per heavy atom. The Balaban J connectivity index is 1.42. The van der Waals surface area contributed by atoms with Gasteiger partial charge in [0.1, 0.15) is 0 Å². The van der Waals surface area contributed by atoms with Gasteiger partial charge in [-0.1, -0.05) is 19.0 Å². The van der Waals surface area contributed by atoms with E-state index in [-0.39, 0.29) is 17.7 Å². The van der Waals surface area contributed by atoms with Gasteiger partial charge in [0, 0.05) is 57.4 Å². The monoisotopic (exact) mass is 414 g/mol. The van der Waals surface area contributed by atoms with Crippen LogP contribution in [0.4, 0.5) is 5.69 Å². The molecule has 9 heteroatoms. The number of nitrogens with one attached hydrogen (secondary N) is 1. The fraction of sp³-hybridized carbons (Fsp3) is 0.524. The maximum Gasteiger partial charge on any atom is 0.253 e. The second-order valence-corrected chi connectivity index (χ2v) is 8.08. The van der Waals surface area contributed by atoms with Gasteiger partial charge in [0.2, 0.25) is 11.8 Å². The SMILES string of the molecule is CC(C)c1noc(CN2CCN(CC(=O)Nc3ccc(C(=O)N(C)C)cc3)CC2)n1. The van der Waals surface area contributed by atoms with Crippen LogP contribution in [0.2, 0.25) is 0 Å². The molecule has 1 aromatic carbocycles. The summed E-state index contributed by atoms with van der Waals surface area (Å²) in [5.74, 6) is 1.50. The van der Waals surface area contributed by atoms with Crippen molar-refractivity contribution in [2.75, 3.05) is 52.1 Å². The van der Waals surface area contributed by atoms with Crippen molar-refractivity contribution in [3.8, 4) is 0 Å². The molecule has 1 N–H and O–H groups in total. The van der Waals surface area contributed by atoms with Crippen LogP contribution in [-0.2, 0) is 11.3 Å². The van der Waals surface area contributed by atoms with Gasteiger partial charge in [-0.3, -0.25) is 19.4 Å². The summed E-state index contributed by atoms with van der Waals surface area (Å²) in [6.07, 6.45) is 0. The van der Waals surface area contributed by atoms with Crippen molar-refractivity contribution >= 4 is 17.5 Å². The molecule has 0 atom stereocenters. The van der Waals surface area contributed by atoms with Crippen LogP contribution in [-0.4, -0.2) is 83.5 Å². The maximum atomic E-state index is 12.4. The molecule has 0 saturated carbocycles. The van der Waals surface area contributed by atoms with Crippen molar-refractivity contribution in [3.05, 3.63) is 41.5 Å². The van der Waals surface area contributed by atoms with Crippen LogP contribution in [0.1, 0.15) is 41.8 Å². The van der Waals surface area contributed by atoms with E-state index < -0.39 is 0 Å². The van der Waals surface area contributed by atoms with Crippen LogP contribution in [0.3, 0.4) is 0 Å². The van der Waals surface area contributed by atoms with E-state index in [1.54, 1.807) is 38.4 Å². The summed E-state index contributed by atoms with van der Waals surface area (Å²) in [4.78, 5) is 34.6. The lowest BCUT2D eigenvalue weighted by Gasteiger charge is -2.33. The molecule has 1 aliphatic rings. The molecule has 0 spiro atoms. The first-order valence-electron chi connectivity index (χ1n) is 10.2. The number of aromatic nitrogens is 2. The van der Waals surface area contributed by atoms with Crippen molar-refractivity contribution < 1.29 is 14.1 Å². The third-order valence-corrected chi connectivity index (χ3v) is 5.01. The molecule has 162 valence electrons. The van der Waals surface area contributed by atoms with Gasteiger partial charge in [0.05, 0.1) is 13.1 Å². The van der Waals surface area contributed by atoms with Crippen LogP contribution in [0.15, 0.2) is 28.8 Å². The number of hydrogen-bond acceptors (Lipinski definition) is 7. The van der Waals surface area contributed by atoms with Gasteiger partial charge in [-0.25, -0.2) is 0 Å². The lowest BCUT2D eigenvalue weighted by molar-refractivity contribution is -0.117. The first-order valence-corrected chi connectivity index (χ1v) is 10.2. The van der Waals surface area contributed by atoms with Gasteiger partial charge in [0.25, 0.3) is 5.91 Å². The van der Waals surface area contributed by atoms with Gasteiger partial charge in [-0.05, 0) is 24.3 Å². The Morgan fingerprint density at radius 2 is 1.73 bits per heavy atom. The minimum atomic E-state index is -0.0632. The Morgan fingerprint density at radius 1 is 1.10 bits per heavy atom. The molecule has 0 aliphatic carbocycles. The molecule has 3 rings (SSSR count). The Hall–Kier alpha value is -2.78. The zero-order chi connectivity index (χ0) is 21.7. The summed E-state index contributed by atoms with van der Waals surface area (Å²) in [6.45, 7) is 8.33. The molecule has 0 bridgehead atoms. The van der Waals surface area contributed by atoms with Crippen LogP contribution in [0.5, 0.6) is 0 Å². The van der Waals surface area contributed by atoms with Crippen molar-refractivity contribution in [1.82, 2.24) is 24.8 Å². The van der Waals surface area contributed by atoms with E-state index in [0.717, 1.165) is 32.0 Å². The predicted octanol–water partition coefficient (Wildman–Crippen LogP) is 1.65. The molecule has 9 nitrogen and oxygen atoms in total. The molecule has 30 heavy (non-hydrogen) atoms. The summed E-state index contributed by atoms with van der Waals surface area (Å²) in [6, 6.07) is 6.95. The Labute approximate surface area is 177 Å². The number of rotatable bonds is 7. The Kier molecular flexibility index (Phi) is 7.17. The van der Waals surface area contributed by atoms with Crippen molar-refractivity contribution in [3.63, 3.8) is 0 Å². The summed E-state index contributed by atoms with van der Waals surface area (Å²) < 4.78 is 5.32. The number of carbonyl (C=O) groups excluding carboxylic acids is 2. The van der Waals surface area contributed by atoms with Crippen LogP contribution >= 0.6 is 0 Å². The fourth-order valence-corrected chi connectivity index (χ4v) is 3.22. The molecule has 2 aromatic rings. The number of nitrogens with zero attached hydrogens (tertiary/aromatic N) is 5. The molecule has 2 amide bonds. The van der Waals surface area contributed by atoms with E-state index in [9.17, 15) is 9.59 Å². The predicted molar refractivity (Wildman–Crippen MR) is 113 cm³/mol. The minimum absolute atomic E-state index is 0.0615. The molecule has 2 heterocycles. The van der Waals surface area contributed by atoms with Gasteiger partial charge >= 0.3 is 0 Å². The first-order chi connectivity index (χ1) is 14.3. The number of benzene rings is 1. The van der Waals surface area contributed by atoms with Crippen molar-refractivity contribution in [1.29, 1.82) is 0 Å². The van der Waals surface area contributed by atoms with Gasteiger partial charge < -0.3 is 14.7 Å². The maximum absolute atomic E-state index is 12.4. The van der Waals surface area contributed by atoms with Crippen LogP contribution in [0.25, 0.3) is 0 Å². The molecule has 0 unspecified atom stereocenters. The van der Waals surface area contributed by atoms with E-state index in [4.69, 9.17) is 4.52 Å². The Bertz CT molecular complexity index is 854. The smallest absolute Gasteiger partial charge is 0.253 e. The van der Waals surface area contributed by atoms with Crippen molar-refractivity contribution in [2.45, 2.75) is 26.3 Å². The lowest BCUT2D eigenvalue weighted by atomic mass is 10.2. The molecule has 1 aromatic heterocycles. The van der Waals surface area contributed by atoms with E-state index in [0.29, 0.717) is 30.2 Å². The lowest BCUT2D eigenvalue weighted by Crippen LogP contribution is -2.48. The standard InChI is InChI=1S/C21H30N6O3/c1-15(2)20-23-19(30-24-20)14-27-11-9-26(10-12-27)13-18(28)22-17-7-5-16(6-8-17)21(29)25(3)4/h5-8,15H,9-14H2,1-4H3,(H,22,28). The van der Waals surface area contributed by atoms with Crippen LogP contribution in [0, 0.1) is 0 Å². The van der Waals surface area contributed by atoms with Gasteiger partial charge in [-0.15, -0.1) is 0 Å². The van der Waals surface area contributed by atoms with E-state index in [1.807, 2.05) is 13.8 Å². The number of anilines is 1. The third kappa shape index (κ3) is 5.87. The molecular formula is C21H30N6O3. The summed E-state index contributed by atoms with van der Waals surface area (Å²) >= 11 is 0. The van der Waals surface area contributed by atoms with Crippen molar-refractivity contribution in [2.24, 2.45) is 0 Å². The van der Waals surface area contributed by atoms with Gasteiger partial charge in [-0.2, -0.15) is 4.98 Å². The zero-order valence-electron chi connectivity index (χ0n) is 18.1. The number of carbonyl (C=O) groups is 2. The topological polar surface area (TPSA) is 94.8 Å². The summed E-state index contributed by atoms with van der Waals surface area (Å²) in [5.41, 5.74) is 1.28. The van der Waals surface area contributed by atoms with Gasteiger partial charge in [0.15, 0.2) is 5.82 Å². The van der Waals surface area contributed by atoms with E-state index in [2.05, 4.69) is 25.3 Å². The average Bonchev–Trinajstić information content (AvgIpc) is 3.18. The number of hydrogen-bond donors (Lipinski definition) is 1. The number of amides is 2. The molecule has 1 aliphatic heterocycles. The second-order valence-electron chi connectivity index (χ2n) is 8.08. The molecular weight excluding hydrogens is 384 g/mol. The largest absolute Gasteiger partial charge is 0.345 e. The number of piperazine rings is 1. The molecule has 1 saturated heterocycles. The second kappa shape index (κ2) is 9.82. The highest BCUT2D eigenvalue weighted by Crippen LogP contribution is 2.13. The molecule has 0 radical (unpaired) electrons. The normalized spacial score (nSPS) is 15.4. The van der Waals surface area contributed by atoms with E-state index in [1.165, 1.54) is 4.90 Å². The first kappa shape index (κ1) is 21.9. The highest BCUT2D eigenvalue weighted by Gasteiger charge is 2.21. The highest BCUT2D eigenvalue weighted by atomic mass is 16.5. The highest BCUT2D eigenvalue weighted by molar-refractivity contribution is 5.96. The third-order valence-electron chi connectivity index (χ3n) is 5.01. The van der Waals surface area contributed by atoms with Crippen LogP contribution < -0.4 is 5.32 Å². The summed E-state index contributed by atoms with van der Waals surface area (Å²) in [5, 5.41) is 6.90. The zero-order valence-corrected chi connectivity index (χ0v) is 18.1. The summed E-state index contributed by atoms with van der Waals surface area (Å²) in [7, 11) is 3.42. The quantitative estimate of drug-likeness (QED) is 0.736. The molecule has 1 fully saturated rings.